The second-order valence-electron chi connectivity index (χ2n) is 7.91. The molecule has 1 aliphatic carbocycles. The van der Waals surface area contributed by atoms with Crippen molar-refractivity contribution in [1.82, 2.24) is 15.0 Å². The number of hydrogen-bond acceptors (Lipinski definition) is 4. The number of pyridine rings is 1. The Labute approximate surface area is 147 Å². The lowest BCUT2D eigenvalue weighted by molar-refractivity contribution is -0.120. The van der Waals surface area contributed by atoms with E-state index >= 15 is 0 Å². The number of halogens is 1. The quantitative estimate of drug-likeness (QED) is 0.821. The molecule has 0 saturated heterocycles. The molecule has 2 aromatic heterocycles. The molecule has 0 N–H and O–H groups in total. The highest BCUT2D eigenvalue weighted by atomic mass is 19.1. The lowest BCUT2D eigenvalue weighted by Gasteiger charge is -2.17. The fourth-order valence-corrected chi connectivity index (χ4v) is 3.30. The first-order valence-corrected chi connectivity index (χ1v) is 8.84. The number of rotatable bonds is 5. The minimum absolute atomic E-state index is 0.00134. The normalized spacial score (nSPS) is 13.8. The number of ketones is 1. The molecule has 2 heterocycles. The minimum Gasteiger partial charge on any atom is -0.300 e. The van der Waals surface area contributed by atoms with Crippen molar-refractivity contribution in [2.45, 2.75) is 59.3 Å². The first-order chi connectivity index (χ1) is 11.8. The van der Waals surface area contributed by atoms with E-state index in [0.29, 0.717) is 30.8 Å². The summed E-state index contributed by atoms with van der Waals surface area (Å²) in [5.74, 6) is 0.359. The Hall–Kier alpha value is -2.17. The van der Waals surface area contributed by atoms with E-state index in [1.807, 2.05) is 0 Å². The molecule has 0 saturated carbocycles. The van der Waals surface area contributed by atoms with Crippen molar-refractivity contribution in [3.63, 3.8) is 0 Å². The summed E-state index contributed by atoms with van der Waals surface area (Å²) in [6.07, 6.45) is 6.00. The average molecular weight is 341 g/mol. The molecule has 0 atom stereocenters. The Morgan fingerprint density at radius 2 is 2.04 bits per heavy atom. The maximum atomic E-state index is 13.5. The van der Waals surface area contributed by atoms with E-state index in [0.717, 1.165) is 30.7 Å². The van der Waals surface area contributed by atoms with Crippen LogP contribution in [0.1, 0.15) is 57.0 Å². The third-order valence-corrected chi connectivity index (χ3v) is 4.34. The zero-order valence-corrected chi connectivity index (χ0v) is 15.1. The molecule has 0 bridgehead atoms. The smallest absolute Gasteiger partial charge is 0.178 e. The van der Waals surface area contributed by atoms with Gasteiger partial charge in [-0.05, 0) is 42.7 Å². The van der Waals surface area contributed by atoms with Gasteiger partial charge in [-0.25, -0.2) is 14.4 Å². The van der Waals surface area contributed by atoms with Gasteiger partial charge < -0.3 is 0 Å². The molecular weight excluding hydrogens is 317 g/mol. The summed E-state index contributed by atoms with van der Waals surface area (Å²) >= 11 is 0. The van der Waals surface area contributed by atoms with E-state index in [1.54, 1.807) is 0 Å². The van der Waals surface area contributed by atoms with E-state index in [4.69, 9.17) is 0 Å². The summed E-state index contributed by atoms with van der Waals surface area (Å²) in [6, 6.07) is 2.66. The van der Waals surface area contributed by atoms with Crippen LogP contribution in [0.25, 0.3) is 11.5 Å². The molecule has 4 nitrogen and oxygen atoms in total. The summed E-state index contributed by atoms with van der Waals surface area (Å²) in [4.78, 5) is 25.6. The van der Waals surface area contributed by atoms with E-state index in [-0.39, 0.29) is 17.0 Å². The highest BCUT2D eigenvalue weighted by Crippen LogP contribution is 2.27. The predicted octanol–water partition coefficient (Wildman–Crippen LogP) is 4.10. The Bertz CT molecular complexity index is 796. The maximum Gasteiger partial charge on any atom is 0.178 e. The van der Waals surface area contributed by atoms with Crippen LogP contribution < -0.4 is 0 Å². The zero-order valence-electron chi connectivity index (χ0n) is 15.1. The molecule has 0 spiro atoms. The van der Waals surface area contributed by atoms with Crippen LogP contribution in [0.2, 0.25) is 0 Å². The fourth-order valence-electron chi connectivity index (χ4n) is 3.30. The molecule has 132 valence electrons. The summed E-state index contributed by atoms with van der Waals surface area (Å²) in [5, 5.41) is 0. The van der Waals surface area contributed by atoms with Gasteiger partial charge in [-0.15, -0.1) is 0 Å². The molecular formula is C20H24FN3O. The van der Waals surface area contributed by atoms with Crippen LogP contribution in [0.5, 0.6) is 0 Å². The fraction of sp³-hybridized carbons (Fsp3) is 0.500. The average Bonchev–Trinajstić information content (AvgIpc) is 2.99. The topological polar surface area (TPSA) is 55.7 Å². The lowest BCUT2D eigenvalue weighted by atomic mass is 9.88. The molecule has 0 aliphatic heterocycles. The van der Waals surface area contributed by atoms with E-state index < -0.39 is 0 Å². The molecule has 0 amide bonds. The van der Waals surface area contributed by atoms with Gasteiger partial charge in [0, 0.05) is 36.5 Å². The predicted molar refractivity (Wildman–Crippen MR) is 94.6 cm³/mol. The van der Waals surface area contributed by atoms with Gasteiger partial charge in [0.25, 0.3) is 0 Å². The monoisotopic (exact) mass is 341 g/mol. The summed E-state index contributed by atoms with van der Waals surface area (Å²) in [6.45, 7) is 6.21. The number of carbonyl (C=O) groups is 1. The molecule has 0 unspecified atom stereocenters. The van der Waals surface area contributed by atoms with Crippen LogP contribution in [0.15, 0.2) is 18.3 Å². The summed E-state index contributed by atoms with van der Waals surface area (Å²) in [7, 11) is 0. The van der Waals surface area contributed by atoms with Gasteiger partial charge in [-0.3, -0.25) is 9.78 Å². The van der Waals surface area contributed by atoms with Crippen molar-refractivity contribution >= 4 is 5.78 Å². The van der Waals surface area contributed by atoms with Crippen LogP contribution in [-0.2, 0) is 24.1 Å². The minimum atomic E-state index is -0.351. The lowest BCUT2D eigenvalue weighted by Crippen LogP contribution is -2.14. The first kappa shape index (κ1) is 17.6. The standard InChI is InChI=1S/C20H24FN3O/c1-20(2,3)12-14(25)7-8-17-15-5-4-6-16(15)23-19(24-17)18-11-13(21)9-10-22-18/h9-11H,4-8,12H2,1-3H3. The Morgan fingerprint density at radius 1 is 1.24 bits per heavy atom. The van der Waals surface area contributed by atoms with Gasteiger partial charge in [0.15, 0.2) is 5.82 Å². The Balaban J connectivity index is 1.85. The first-order valence-electron chi connectivity index (χ1n) is 8.84. The van der Waals surface area contributed by atoms with Gasteiger partial charge in [0.1, 0.15) is 17.3 Å². The van der Waals surface area contributed by atoms with Crippen molar-refractivity contribution < 1.29 is 9.18 Å². The van der Waals surface area contributed by atoms with E-state index in [2.05, 4.69) is 35.7 Å². The number of aromatic nitrogens is 3. The summed E-state index contributed by atoms with van der Waals surface area (Å²) < 4.78 is 13.5. The third kappa shape index (κ3) is 4.47. The molecule has 2 aromatic rings. The molecule has 0 aromatic carbocycles. The molecule has 5 heteroatoms. The van der Waals surface area contributed by atoms with Crippen molar-refractivity contribution in [3.05, 3.63) is 41.1 Å². The highest BCUT2D eigenvalue weighted by Gasteiger charge is 2.22. The van der Waals surface area contributed by atoms with Crippen LogP contribution in [0.3, 0.4) is 0 Å². The number of Topliss-reactive ketones (excluding diaryl/α,β-unsaturated/α-hetero) is 1. The van der Waals surface area contributed by atoms with Crippen LogP contribution >= 0.6 is 0 Å². The van der Waals surface area contributed by atoms with E-state index in [1.165, 1.54) is 23.9 Å². The number of fused-ring (bicyclic) bond motifs is 1. The third-order valence-electron chi connectivity index (χ3n) is 4.34. The second-order valence-corrected chi connectivity index (χ2v) is 7.91. The van der Waals surface area contributed by atoms with Crippen LogP contribution in [0.4, 0.5) is 4.39 Å². The van der Waals surface area contributed by atoms with Gasteiger partial charge in [-0.2, -0.15) is 0 Å². The Kier molecular flexibility index (Phi) is 4.93. The zero-order chi connectivity index (χ0) is 18.0. The van der Waals surface area contributed by atoms with Crippen molar-refractivity contribution in [2.24, 2.45) is 5.41 Å². The molecule has 0 radical (unpaired) electrons. The van der Waals surface area contributed by atoms with E-state index in [9.17, 15) is 9.18 Å². The second kappa shape index (κ2) is 6.98. The Morgan fingerprint density at radius 3 is 2.76 bits per heavy atom. The van der Waals surface area contributed by atoms with Crippen molar-refractivity contribution in [3.8, 4) is 11.5 Å². The van der Waals surface area contributed by atoms with Crippen molar-refractivity contribution in [1.29, 1.82) is 0 Å². The van der Waals surface area contributed by atoms with Crippen LogP contribution in [-0.4, -0.2) is 20.7 Å². The number of nitrogens with zero attached hydrogens (tertiary/aromatic N) is 3. The van der Waals surface area contributed by atoms with Gasteiger partial charge in [0.2, 0.25) is 0 Å². The van der Waals surface area contributed by atoms with Gasteiger partial charge in [0.05, 0.1) is 0 Å². The van der Waals surface area contributed by atoms with Crippen molar-refractivity contribution in [2.75, 3.05) is 0 Å². The SMILES string of the molecule is CC(C)(C)CC(=O)CCc1nc(-c2cc(F)ccn2)nc2c1CCC2. The highest BCUT2D eigenvalue weighted by molar-refractivity contribution is 5.79. The molecule has 0 fully saturated rings. The van der Waals surface area contributed by atoms with Crippen LogP contribution in [0, 0.1) is 11.2 Å². The van der Waals surface area contributed by atoms with Gasteiger partial charge in [-0.1, -0.05) is 20.8 Å². The maximum absolute atomic E-state index is 13.5. The van der Waals surface area contributed by atoms with Gasteiger partial charge >= 0.3 is 0 Å². The number of hydrogen-bond donors (Lipinski definition) is 0. The molecule has 3 rings (SSSR count). The summed E-state index contributed by atoms with van der Waals surface area (Å²) in [5.41, 5.74) is 3.56. The largest absolute Gasteiger partial charge is 0.300 e. The molecule has 1 aliphatic rings. The number of aryl methyl sites for hydroxylation is 2. The molecule has 25 heavy (non-hydrogen) atoms. The number of carbonyl (C=O) groups excluding carboxylic acids is 1.